The maximum atomic E-state index is 6.28. The fourth-order valence-electron chi connectivity index (χ4n) is 4.05. The van der Waals surface area contributed by atoms with Crippen molar-refractivity contribution in [3.63, 3.8) is 0 Å². The number of hydrogen-bond acceptors (Lipinski definition) is 2. The highest BCUT2D eigenvalue weighted by atomic mass is 35.5. The lowest BCUT2D eigenvalue weighted by molar-refractivity contribution is -0.915. The van der Waals surface area contributed by atoms with Crippen LogP contribution in [0.1, 0.15) is 32.6 Å². The second-order valence-electron chi connectivity index (χ2n) is 7.86. The predicted octanol–water partition coefficient (Wildman–Crippen LogP) is 6.03. The maximum absolute atomic E-state index is 6.28. The molecule has 2 aromatic carbocycles. The van der Waals surface area contributed by atoms with Crippen LogP contribution < -0.4 is 4.74 Å². The van der Waals surface area contributed by atoms with Crippen molar-refractivity contribution in [1.29, 1.82) is 0 Å². The van der Waals surface area contributed by atoms with Gasteiger partial charge in [-0.1, -0.05) is 24.9 Å². The van der Waals surface area contributed by atoms with Gasteiger partial charge in [0.15, 0.2) is 0 Å². The van der Waals surface area contributed by atoms with E-state index < -0.39 is 0 Å². The Bertz CT molecular complexity index is 909. The molecule has 1 saturated heterocycles. The highest BCUT2D eigenvalue weighted by Gasteiger charge is 2.30. The molecule has 0 N–H and O–H groups in total. The zero-order valence-corrected chi connectivity index (χ0v) is 16.4. The maximum Gasteiger partial charge on any atom is 0.139 e. The molecule has 0 saturated carbocycles. The Kier molecular flexibility index (Phi) is 4.85. The van der Waals surface area contributed by atoms with Crippen LogP contribution in [0, 0.1) is 0 Å². The Morgan fingerprint density at radius 2 is 1.77 bits per heavy atom. The third-order valence-corrected chi connectivity index (χ3v) is 5.98. The number of unbranched alkanes of at least 4 members (excludes halogenated alkanes) is 1. The molecular weight excluding hydrogens is 346 g/mol. The van der Waals surface area contributed by atoms with Crippen LogP contribution in [0.3, 0.4) is 0 Å². The lowest BCUT2D eigenvalue weighted by Gasteiger charge is -2.40. The average Bonchev–Trinajstić information content (AvgIpc) is 2.98. The largest absolute Gasteiger partial charge is 0.490 e. The molecule has 0 unspecified atom stereocenters. The smallest absolute Gasteiger partial charge is 0.139 e. The summed E-state index contributed by atoms with van der Waals surface area (Å²) in [6, 6.07) is 12.0. The van der Waals surface area contributed by atoms with Gasteiger partial charge in [-0.3, -0.25) is 0 Å². The SMILES string of the molecule is CCCC[N+]1(C)CCC(Oc2ccc3c(c2)oc2cc(Cl)ccc23)CC1. The first-order chi connectivity index (χ1) is 12.6. The van der Waals surface area contributed by atoms with E-state index in [0.29, 0.717) is 11.1 Å². The number of benzene rings is 2. The number of ether oxygens (including phenoxy) is 1. The molecule has 1 fully saturated rings. The van der Waals surface area contributed by atoms with Crippen molar-refractivity contribution < 1.29 is 13.6 Å². The van der Waals surface area contributed by atoms with Crippen LogP contribution in [0.15, 0.2) is 40.8 Å². The molecule has 0 amide bonds. The minimum absolute atomic E-state index is 0.305. The molecule has 0 aliphatic carbocycles. The first-order valence-electron chi connectivity index (χ1n) is 9.68. The first kappa shape index (κ1) is 17.7. The van der Waals surface area contributed by atoms with Gasteiger partial charge in [-0.05, 0) is 30.7 Å². The van der Waals surface area contributed by atoms with Crippen LogP contribution in [0.25, 0.3) is 21.9 Å². The molecule has 138 valence electrons. The highest BCUT2D eigenvalue weighted by molar-refractivity contribution is 6.31. The van der Waals surface area contributed by atoms with E-state index in [0.717, 1.165) is 40.5 Å². The van der Waals surface area contributed by atoms with Crippen molar-refractivity contribution in [2.75, 3.05) is 26.7 Å². The van der Waals surface area contributed by atoms with Gasteiger partial charge in [0, 0.05) is 40.8 Å². The van der Waals surface area contributed by atoms with Gasteiger partial charge in [-0.15, -0.1) is 0 Å². The van der Waals surface area contributed by atoms with Crippen LogP contribution in [-0.4, -0.2) is 37.3 Å². The Hall–Kier alpha value is -1.71. The fourth-order valence-corrected chi connectivity index (χ4v) is 4.21. The second-order valence-corrected chi connectivity index (χ2v) is 8.30. The summed E-state index contributed by atoms with van der Waals surface area (Å²) in [7, 11) is 2.39. The monoisotopic (exact) mass is 372 g/mol. The molecule has 0 radical (unpaired) electrons. The van der Waals surface area contributed by atoms with Gasteiger partial charge in [-0.2, -0.15) is 0 Å². The normalized spacial score (nSPS) is 23.6. The van der Waals surface area contributed by atoms with Gasteiger partial charge < -0.3 is 13.6 Å². The van der Waals surface area contributed by atoms with E-state index in [1.54, 1.807) is 0 Å². The average molecular weight is 373 g/mol. The van der Waals surface area contributed by atoms with E-state index in [2.05, 4.69) is 26.1 Å². The van der Waals surface area contributed by atoms with Gasteiger partial charge in [-0.25, -0.2) is 0 Å². The number of hydrogen-bond donors (Lipinski definition) is 0. The Labute approximate surface area is 160 Å². The number of halogens is 1. The van der Waals surface area contributed by atoms with Crippen molar-refractivity contribution in [1.82, 2.24) is 0 Å². The van der Waals surface area contributed by atoms with Crippen LogP contribution in [0.5, 0.6) is 5.75 Å². The molecule has 26 heavy (non-hydrogen) atoms. The number of nitrogens with zero attached hydrogens (tertiary/aromatic N) is 1. The van der Waals surface area contributed by atoms with Crippen molar-refractivity contribution in [2.45, 2.75) is 38.7 Å². The summed E-state index contributed by atoms with van der Waals surface area (Å²) in [6.07, 6.45) is 5.13. The zero-order chi connectivity index (χ0) is 18.1. The third kappa shape index (κ3) is 3.56. The van der Waals surface area contributed by atoms with Gasteiger partial charge in [0.25, 0.3) is 0 Å². The standard InChI is InChI=1S/C22H27ClNO2/c1-3-4-11-24(2)12-9-17(10-13-24)25-18-6-8-20-19-7-5-16(23)14-21(19)26-22(20)15-18/h5-8,14-15,17H,3-4,9-13H2,1-2H3/q+1. The second kappa shape index (κ2) is 7.13. The van der Waals surface area contributed by atoms with E-state index in [9.17, 15) is 0 Å². The number of likely N-dealkylation sites (tertiary alicyclic amines) is 1. The van der Waals surface area contributed by atoms with E-state index >= 15 is 0 Å². The molecule has 1 aromatic heterocycles. The molecule has 0 spiro atoms. The quantitative estimate of drug-likeness (QED) is 0.510. The fraction of sp³-hybridized carbons (Fsp3) is 0.455. The van der Waals surface area contributed by atoms with Crippen LogP contribution in [0.4, 0.5) is 0 Å². The number of piperidine rings is 1. The summed E-state index contributed by atoms with van der Waals surface area (Å²) in [5.74, 6) is 0.900. The third-order valence-electron chi connectivity index (χ3n) is 5.74. The van der Waals surface area contributed by atoms with E-state index in [1.807, 2.05) is 24.3 Å². The summed E-state index contributed by atoms with van der Waals surface area (Å²) in [5.41, 5.74) is 1.69. The van der Waals surface area contributed by atoms with Gasteiger partial charge in [0.2, 0.25) is 0 Å². The summed E-state index contributed by atoms with van der Waals surface area (Å²) in [6.45, 7) is 5.97. The molecular formula is C22H27ClNO2+. The Morgan fingerprint density at radius 1 is 1.08 bits per heavy atom. The van der Waals surface area contributed by atoms with Gasteiger partial charge in [0.05, 0.1) is 26.7 Å². The molecule has 1 aliphatic heterocycles. The zero-order valence-electron chi connectivity index (χ0n) is 15.6. The minimum atomic E-state index is 0.305. The molecule has 2 heterocycles. The molecule has 4 rings (SSSR count). The molecule has 1 aliphatic rings. The lowest BCUT2D eigenvalue weighted by atomic mass is 10.0. The molecule has 3 nitrogen and oxygen atoms in total. The van der Waals surface area contributed by atoms with E-state index in [-0.39, 0.29) is 0 Å². The number of rotatable bonds is 5. The van der Waals surface area contributed by atoms with Gasteiger partial charge in [0.1, 0.15) is 23.0 Å². The molecule has 0 bridgehead atoms. The van der Waals surface area contributed by atoms with Gasteiger partial charge >= 0.3 is 0 Å². The summed E-state index contributed by atoms with van der Waals surface area (Å²) in [4.78, 5) is 0. The molecule has 4 heteroatoms. The first-order valence-corrected chi connectivity index (χ1v) is 10.1. The lowest BCUT2D eigenvalue weighted by Crippen LogP contribution is -2.52. The van der Waals surface area contributed by atoms with Crippen molar-refractivity contribution in [2.24, 2.45) is 0 Å². The van der Waals surface area contributed by atoms with Crippen LogP contribution >= 0.6 is 11.6 Å². The van der Waals surface area contributed by atoms with Crippen molar-refractivity contribution >= 4 is 33.5 Å². The van der Waals surface area contributed by atoms with Crippen LogP contribution in [-0.2, 0) is 0 Å². The Morgan fingerprint density at radius 3 is 2.50 bits per heavy atom. The number of furan rings is 1. The molecule has 3 aromatic rings. The van der Waals surface area contributed by atoms with Crippen LogP contribution in [0.2, 0.25) is 5.02 Å². The minimum Gasteiger partial charge on any atom is -0.490 e. The predicted molar refractivity (Wildman–Crippen MR) is 108 cm³/mol. The van der Waals surface area contributed by atoms with Crippen molar-refractivity contribution in [3.05, 3.63) is 41.4 Å². The van der Waals surface area contributed by atoms with E-state index in [1.165, 1.54) is 37.0 Å². The number of quaternary nitrogens is 1. The molecule has 0 atom stereocenters. The highest BCUT2D eigenvalue weighted by Crippen LogP contribution is 2.33. The topological polar surface area (TPSA) is 22.4 Å². The summed E-state index contributed by atoms with van der Waals surface area (Å²) in [5, 5.41) is 2.90. The number of fused-ring (bicyclic) bond motifs is 3. The summed E-state index contributed by atoms with van der Waals surface area (Å²) >= 11 is 6.07. The van der Waals surface area contributed by atoms with Crippen molar-refractivity contribution in [3.8, 4) is 5.75 Å². The van der Waals surface area contributed by atoms with E-state index in [4.69, 9.17) is 20.8 Å². The summed E-state index contributed by atoms with van der Waals surface area (Å²) < 4.78 is 13.4. The Balaban J connectivity index is 1.47.